The first-order chi connectivity index (χ1) is 9.64. The van der Waals surface area contributed by atoms with E-state index in [0.29, 0.717) is 18.7 Å². The lowest BCUT2D eigenvalue weighted by molar-refractivity contribution is 0.441. The predicted octanol–water partition coefficient (Wildman–Crippen LogP) is 0.357. The molecule has 2 aromatic rings. The second kappa shape index (κ2) is 5.24. The van der Waals surface area contributed by atoms with Crippen molar-refractivity contribution >= 4 is 33.3 Å². The lowest BCUT2D eigenvalue weighted by Gasteiger charge is -2.25. The smallest absolute Gasteiger partial charge is 0.262 e. The Bertz CT molecular complexity index is 721. The number of hydrazine groups is 1. The van der Waals surface area contributed by atoms with Crippen LogP contribution in [-0.4, -0.2) is 46.7 Å². The van der Waals surface area contributed by atoms with Crippen LogP contribution in [-0.2, 0) is 10.0 Å². The molecule has 0 atom stereocenters. The van der Waals surface area contributed by atoms with E-state index in [2.05, 4.69) is 10.4 Å². The number of nitrogens with one attached hydrogen (secondary N) is 1. The number of imidazole rings is 1. The summed E-state index contributed by atoms with van der Waals surface area (Å²) in [6, 6.07) is 5.31. The maximum atomic E-state index is 12.8. The van der Waals surface area contributed by atoms with Crippen LogP contribution in [0.25, 0.3) is 5.65 Å². The Hall–Kier alpha value is -1.29. The van der Waals surface area contributed by atoms with Gasteiger partial charge in [-0.25, -0.2) is 19.2 Å². The Morgan fingerprint density at radius 3 is 2.75 bits per heavy atom. The molecule has 108 valence electrons. The van der Waals surface area contributed by atoms with Crippen molar-refractivity contribution in [1.82, 2.24) is 13.7 Å². The van der Waals surface area contributed by atoms with Gasteiger partial charge in [0, 0.05) is 30.8 Å². The number of thioether (sulfide) groups is 1. The third-order valence-corrected chi connectivity index (χ3v) is 6.04. The van der Waals surface area contributed by atoms with Crippen LogP contribution in [0.1, 0.15) is 0 Å². The standard InChI is InChI=1S/C11H15N5O2S2/c12-14-10-11(16-4-2-1-3-9(16)13-10)20(17,18)15-5-7-19-8-6-15/h1-4,14H,5-8,12H2. The summed E-state index contributed by atoms with van der Waals surface area (Å²) in [7, 11) is -3.61. The van der Waals surface area contributed by atoms with E-state index in [-0.39, 0.29) is 10.8 Å². The zero-order valence-corrected chi connectivity index (χ0v) is 12.3. The molecule has 1 aliphatic heterocycles. The fourth-order valence-corrected chi connectivity index (χ4v) is 5.02. The summed E-state index contributed by atoms with van der Waals surface area (Å²) in [5.41, 5.74) is 2.93. The number of rotatable bonds is 3. The van der Waals surface area contributed by atoms with E-state index in [0.717, 1.165) is 11.5 Å². The summed E-state index contributed by atoms with van der Waals surface area (Å²) in [4.78, 5) is 4.21. The molecule has 3 N–H and O–H groups in total. The summed E-state index contributed by atoms with van der Waals surface area (Å²) in [6.07, 6.45) is 1.68. The number of aromatic nitrogens is 2. The van der Waals surface area contributed by atoms with Gasteiger partial charge in [0.05, 0.1) is 0 Å². The van der Waals surface area contributed by atoms with Gasteiger partial charge in [-0.05, 0) is 12.1 Å². The average molecular weight is 313 g/mol. The van der Waals surface area contributed by atoms with Crippen LogP contribution in [0.2, 0.25) is 0 Å². The number of hydrogen-bond acceptors (Lipinski definition) is 6. The summed E-state index contributed by atoms with van der Waals surface area (Å²) < 4.78 is 28.6. The number of nitrogens with zero attached hydrogens (tertiary/aromatic N) is 3. The van der Waals surface area contributed by atoms with Gasteiger partial charge in [0.15, 0.2) is 5.82 Å². The Balaban J connectivity index is 2.17. The first kappa shape index (κ1) is 13.7. The van der Waals surface area contributed by atoms with E-state index in [1.807, 2.05) is 0 Å². The highest BCUT2D eigenvalue weighted by Gasteiger charge is 2.32. The van der Waals surface area contributed by atoms with Crippen molar-refractivity contribution in [3.63, 3.8) is 0 Å². The van der Waals surface area contributed by atoms with Crippen LogP contribution in [0.3, 0.4) is 0 Å². The summed E-state index contributed by atoms with van der Waals surface area (Å²) in [5, 5.41) is 0.0995. The SMILES string of the molecule is NNc1nc2ccccn2c1S(=O)(=O)N1CCSCC1. The third kappa shape index (κ3) is 2.16. The van der Waals surface area contributed by atoms with Gasteiger partial charge >= 0.3 is 0 Å². The number of nitrogens with two attached hydrogens (primary N) is 1. The molecule has 0 aromatic carbocycles. The van der Waals surface area contributed by atoms with Crippen molar-refractivity contribution in [3.8, 4) is 0 Å². The van der Waals surface area contributed by atoms with Gasteiger partial charge < -0.3 is 5.43 Å². The number of sulfonamides is 1. The van der Waals surface area contributed by atoms with Gasteiger partial charge in [-0.1, -0.05) is 6.07 Å². The fourth-order valence-electron chi connectivity index (χ4n) is 2.22. The van der Waals surface area contributed by atoms with Crippen molar-refractivity contribution in [2.75, 3.05) is 30.0 Å². The van der Waals surface area contributed by atoms with E-state index >= 15 is 0 Å². The van der Waals surface area contributed by atoms with Crippen molar-refractivity contribution in [3.05, 3.63) is 24.4 Å². The minimum absolute atomic E-state index is 0.0995. The molecule has 0 spiro atoms. The Morgan fingerprint density at radius 2 is 2.05 bits per heavy atom. The lowest BCUT2D eigenvalue weighted by atomic mass is 10.5. The Labute approximate surface area is 121 Å². The molecule has 1 saturated heterocycles. The van der Waals surface area contributed by atoms with E-state index in [1.165, 1.54) is 4.31 Å². The van der Waals surface area contributed by atoms with E-state index < -0.39 is 10.0 Å². The monoisotopic (exact) mass is 313 g/mol. The molecule has 9 heteroatoms. The largest absolute Gasteiger partial charge is 0.306 e. The summed E-state index contributed by atoms with van der Waals surface area (Å²) >= 11 is 1.76. The van der Waals surface area contributed by atoms with Crippen LogP contribution in [0.4, 0.5) is 5.82 Å². The van der Waals surface area contributed by atoms with Crippen LogP contribution >= 0.6 is 11.8 Å². The molecule has 0 bridgehead atoms. The Morgan fingerprint density at radius 1 is 1.30 bits per heavy atom. The zero-order chi connectivity index (χ0) is 14.2. The molecule has 1 fully saturated rings. The molecule has 2 aromatic heterocycles. The second-order valence-electron chi connectivity index (χ2n) is 4.36. The molecule has 0 unspecified atom stereocenters. The third-order valence-electron chi connectivity index (χ3n) is 3.18. The Kier molecular flexibility index (Phi) is 3.59. The zero-order valence-electron chi connectivity index (χ0n) is 10.7. The number of nitrogen functional groups attached to an aromatic ring is 1. The molecular weight excluding hydrogens is 298 g/mol. The maximum Gasteiger partial charge on any atom is 0.262 e. The number of hydrogen-bond donors (Lipinski definition) is 2. The van der Waals surface area contributed by atoms with Crippen LogP contribution in [0.15, 0.2) is 29.4 Å². The topological polar surface area (TPSA) is 92.7 Å². The minimum Gasteiger partial charge on any atom is -0.306 e. The first-order valence-corrected chi connectivity index (χ1v) is 8.75. The van der Waals surface area contributed by atoms with Crippen LogP contribution < -0.4 is 11.3 Å². The van der Waals surface area contributed by atoms with Crippen LogP contribution in [0, 0.1) is 0 Å². The highest BCUT2D eigenvalue weighted by atomic mass is 32.2. The normalized spacial score (nSPS) is 17.4. The van der Waals surface area contributed by atoms with Gasteiger partial charge in [-0.15, -0.1) is 0 Å². The summed E-state index contributed by atoms with van der Waals surface area (Å²) in [6.45, 7) is 1.02. The summed E-state index contributed by atoms with van der Waals surface area (Å²) in [5.74, 6) is 7.22. The van der Waals surface area contributed by atoms with Gasteiger partial charge in [0.2, 0.25) is 5.03 Å². The van der Waals surface area contributed by atoms with E-state index in [1.54, 1.807) is 40.6 Å². The number of fused-ring (bicyclic) bond motifs is 1. The van der Waals surface area contributed by atoms with Crippen LogP contribution in [0.5, 0.6) is 0 Å². The van der Waals surface area contributed by atoms with Crippen molar-refractivity contribution < 1.29 is 8.42 Å². The number of anilines is 1. The molecule has 0 amide bonds. The molecule has 20 heavy (non-hydrogen) atoms. The molecule has 0 aliphatic carbocycles. The first-order valence-electron chi connectivity index (χ1n) is 6.16. The molecule has 1 aliphatic rings. The van der Waals surface area contributed by atoms with Gasteiger partial charge in [-0.2, -0.15) is 16.1 Å². The van der Waals surface area contributed by atoms with Gasteiger partial charge in [-0.3, -0.25) is 4.40 Å². The van der Waals surface area contributed by atoms with E-state index in [4.69, 9.17) is 5.84 Å². The molecule has 0 saturated carbocycles. The van der Waals surface area contributed by atoms with Crippen molar-refractivity contribution in [1.29, 1.82) is 0 Å². The quantitative estimate of drug-likeness (QED) is 0.628. The van der Waals surface area contributed by atoms with E-state index in [9.17, 15) is 8.42 Å². The van der Waals surface area contributed by atoms with Gasteiger partial charge in [0.1, 0.15) is 5.65 Å². The molecule has 3 rings (SSSR count). The molecule has 7 nitrogen and oxygen atoms in total. The average Bonchev–Trinajstić information content (AvgIpc) is 2.87. The fraction of sp³-hybridized carbons (Fsp3) is 0.364. The molecular formula is C11H15N5O2S2. The predicted molar refractivity (Wildman–Crippen MR) is 79.1 cm³/mol. The van der Waals surface area contributed by atoms with Gasteiger partial charge in [0.25, 0.3) is 10.0 Å². The number of pyridine rings is 1. The van der Waals surface area contributed by atoms with Crippen molar-refractivity contribution in [2.24, 2.45) is 5.84 Å². The second-order valence-corrected chi connectivity index (χ2v) is 7.43. The molecule has 3 heterocycles. The highest BCUT2D eigenvalue weighted by Crippen LogP contribution is 2.26. The lowest BCUT2D eigenvalue weighted by Crippen LogP contribution is -2.38. The van der Waals surface area contributed by atoms with Crippen molar-refractivity contribution in [2.45, 2.75) is 5.03 Å². The highest BCUT2D eigenvalue weighted by molar-refractivity contribution is 7.99. The molecule has 0 radical (unpaired) electrons. The minimum atomic E-state index is -3.61. The maximum absolute atomic E-state index is 12.8.